The summed E-state index contributed by atoms with van der Waals surface area (Å²) in [4.78, 5) is 2.39. The van der Waals surface area contributed by atoms with Gasteiger partial charge in [-0.25, -0.2) is 0 Å². The van der Waals surface area contributed by atoms with Crippen molar-refractivity contribution >= 4 is 0 Å². The lowest BCUT2D eigenvalue weighted by atomic mass is 9.97. The van der Waals surface area contributed by atoms with Crippen LogP contribution in [0.2, 0.25) is 0 Å². The lowest BCUT2D eigenvalue weighted by Gasteiger charge is -2.20. The molecule has 3 aromatic carbocycles. The first-order valence-electron chi connectivity index (χ1n) is 16.0. The lowest BCUT2D eigenvalue weighted by Crippen LogP contribution is -2.23. The van der Waals surface area contributed by atoms with Gasteiger partial charge >= 0.3 is 0 Å². The number of benzene rings is 3. The molecule has 7 heteroatoms. The monoisotopic (exact) mass is 611 g/mol. The standard InChI is InChI=1S/C39H45N7/c1-22-10-25(4)37(26(5)11-22)34-16-31(40-43-34)19-46(20-32-17-35(44-41-32)38-27(6)12-23(2)13-28(38)7)21-33-18-36(45-42-33)39-29(8)14-24(3)15-30(39)9/h10-18H,19-21H2,1-9H3,(H,40,43)(H,41,44)(H,42,45). The van der Waals surface area contributed by atoms with Crippen LogP contribution in [0.25, 0.3) is 33.8 Å². The Kier molecular flexibility index (Phi) is 8.53. The third-order valence-electron chi connectivity index (χ3n) is 8.87. The smallest absolute Gasteiger partial charge is 0.0929 e. The van der Waals surface area contributed by atoms with E-state index < -0.39 is 0 Å². The molecule has 0 spiro atoms. The second-order valence-electron chi connectivity index (χ2n) is 13.3. The van der Waals surface area contributed by atoms with Crippen molar-refractivity contribution in [2.24, 2.45) is 0 Å². The molecule has 46 heavy (non-hydrogen) atoms. The van der Waals surface area contributed by atoms with Crippen LogP contribution < -0.4 is 0 Å². The summed E-state index contributed by atoms with van der Waals surface area (Å²) in [5.41, 5.74) is 21.0. The summed E-state index contributed by atoms with van der Waals surface area (Å²) in [6.45, 7) is 21.5. The van der Waals surface area contributed by atoms with Crippen LogP contribution in [-0.4, -0.2) is 35.5 Å². The summed E-state index contributed by atoms with van der Waals surface area (Å²) in [6.07, 6.45) is 0. The zero-order chi connectivity index (χ0) is 32.7. The highest BCUT2D eigenvalue weighted by Gasteiger charge is 2.18. The average molecular weight is 612 g/mol. The average Bonchev–Trinajstić information content (AvgIpc) is 3.70. The summed E-state index contributed by atoms with van der Waals surface area (Å²) in [7, 11) is 0. The first kappa shape index (κ1) is 31.2. The second-order valence-corrected chi connectivity index (χ2v) is 13.3. The van der Waals surface area contributed by atoms with Crippen molar-refractivity contribution < 1.29 is 0 Å². The molecule has 0 bridgehead atoms. The Balaban J connectivity index is 1.30. The molecule has 0 amide bonds. The summed E-state index contributed by atoms with van der Waals surface area (Å²) >= 11 is 0. The molecule has 6 aromatic rings. The number of aromatic amines is 3. The molecular formula is C39H45N7. The van der Waals surface area contributed by atoms with Gasteiger partial charge in [-0.15, -0.1) is 0 Å². The van der Waals surface area contributed by atoms with Crippen LogP contribution in [0.1, 0.15) is 67.2 Å². The molecule has 0 saturated carbocycles. The molecular weight excluding hydrogens is 566 g/mol. The SMILES string of the molecule is Cc1cc(C)c(-c2cc(CN(Cc3cc(-c4c(C)cc(C)cc4C)n[nH]3)Cc3cc(-c4c(C)cc(C)cc4C)n[nH]3)[nH]n2)c(C)c1. The number of nitrogens with one attached hydrogen (secondary N) is 3. The zero-order valence-corrected chi connectivity index (χ0v) is 28.6. The topological polar surface area (TPSA) is 89.3 Å². The normalized spacial score (nSPS) is 11.6. The van der Waals surface area contributed by atoms with Crippen molar-refractivity contribution in [2.75, 3.05) is 0 Å². The van der Waals surface area contributed by atoms with Crippen LogP contribution in [0.15, 0.2) is 54.6 Å². The van der Waals surface area contributed by atoms with E-state index in [1.807, 2.05) is 0 Å². The van der Waals surface area contributed by atoms with Crippen molar-refractivity contribution in [3.05, 3.63) is 122 Å². The molecule has 0 aliphatic carbocycles. The molecule has 3 aromatic heterocycles. The van der Waals surface area contributed by atoms with Crippen LogP contribution in [-0.2, 0) is 19.6 Å². The number of hydrogen-bond acceptors (Lipinski definition) is 4. The minimum Gasteiger partial charge on any atom is -0.286 e. The van der Waals surface area contributed by atoms with Gasteiger partial charge in [0.05, 0.1) is 17.1 Å². The van der Waals surface area contributed by atoms with Gasteiger partial charge in [-0.2, -0.15) is 15.3 Å². The van der Waals surface area contributed by atoms with Crippen LogP contribution in [0.5, 0.6) is 0 Å². The van der Waals surface area contributed by atoms with E-state index in [2.05, 4.69) is 137 Å². The second kappa shape index (κ2) is 12.6. The molecule has 236 valence electrons. The Labute approximate surface area is 272 Å². The van der Waals surface area contributed by atoms with Crippen molar-refractivity contribution in [1.29, 1.82) is 0 Å². The number of aryl methyl sites for hydroxylation is 9. The minimum absolute atomic E-state index is 0.685. The molecule has 3 N–H and O–H groups in total. The summed E-state index contributed by atoms with van der Waals surface area (Å²) in [6, 6.07) is 19.9. The molecule has 0 aliphatic heterocycles. The van der Waals surface area contributed by atoms with Gasteiger partial charge in [0.15, 0.2) is 0 Å². The van der Waals surface area contributed by atoms with E-state index in [0.29, 0.717) is 19.6 Å². The summed E-state index contributed by atoms with van der Waals surface area (Å²) < 4.78 is 0. The van der Waals surface area contributed by atoms with E-state index >= 15 is 0 Å². The van der Waals surface area contributed by atoms with Crippen molar-refractivity contribution in [1.82, 2.24) is 35.5 Å². The molecule has 0 saturated heterocycles. The molecule has 3 heterocycles. The number of hydrogen-bond donors (Lipinski definition) is 3. The van der Waals surface area contributed by atoms with E-state index in [1.54, 1.807) is 0 Å². The van der Waals surface area contributed by atoms with Crippen LogP contribution >= 0.6 is 0 Å². The van der Waals surface area contributed by atoms with Crippen LogP contribution in [0, 0.1) is 62.3 Å². The van der Waals surface area contributed by atoms with Gasteiger partial charge < -0.3 is 0 Å². The van der Waals surface area contributed by atoms with Crippen molar-refractivity contribution in [3.8, 4) is 33.8 Å². The quantitative estimate of drug-likeness (QED) is 0.152. The molecule has 7 nitrogen and oxygen atoms in total. The van der Waals surface area contributed by atoms with Gasteiger partial charge in [0, 0.05) is 53.4 Å². The van der Waals surface area contributed by atoms with Crippen molar-refractivity contribution in [2.45, 2.75) is 81.9 Å². The molecule has 0 aliphatic rings. The Hall–Kier alpha value is -4.75. The highest BCUT2D eigenvalue weighted by Crippen LogP contribution is 2.31. The van der Waals surface area contributed by atoms with Crippen LogP contribution in [0.3, 0.4) is 0 Å². The van der Waals surface area contributed by atoms with E-state index in [0.717, 1.165) is 34.2 Å². The first-order valence-corrected chi connectivity index (χ1v) is 16.0. The van der Waals surface area contributed by atoms with E-state index in [4.69, 9.17) is 15.3 Å². The van der Waals surface area contributed by atoms with Gasteiger partial charge in [-0.05, 0) is 114 Å². The largest absolute Gasteiger partial charge is 0.286 e. The molecule has 0 unspecified atom stereocenters. The molecule has 0 radical (unpaired) electrons. The fourth-order valence-electron chi connectivity index (χ4n) is 7.35. The molecule has 0 fully saturated rings. The third kappa shape index (κ3) is 6.46. The van der Waals surface area contributed by atoms with Gasteiger partial charge in [-0.1, -0.05) is 53.1 Å². The number of nitrogens with zero attached hydrogens (tertiary/aromatic N) is 4. The van der Waals surface area contributed by atoms with Crippen molar-refractivity contribution in [3.63, 3.8) is 0 Å². The van der Waals surface area contributed by atoms with Gasteiger partial charge in [0.2, 0.25) is 0 Å². The predicted molar refractivity (Wildman–Crippen MR) is 188 cm³/mol. The fourth-order valence-corrected chi connectivity index (χ4v) is 7.35. The number of H-pyrrole nitrogens is 3. The number of rotatable bonds is 9. The maximum atomic E-state index is 4.75. The highest BCUT2D eigenvalue weighted by molar-refractivity contribution is 5.70. The van der Waals surface area contributed by atoms with E-state index in [1.165, 1.54) is 66.8 Å². The zero-order valence-electron chi connectivity index (χ0n) is 28.6. The lowest BCUT2D eigenvalue weighted by molar-refractivity contribution is 0.238. The Morgan fingerprint density at radius 2 is 0.630 bits per heavy atom. The van der Waals surface area contributed by atoms with Gasteiger partial charge in [-0.3, -0.25) is 20.2 Å². The Morgan fingerprint density at radius 1 is 0.391 bits per heavy atom. The molecule has 6 rings (SSSR count). The predicted octanol–water partition coefficient (Wildman–Crippen LogP) is 8.84. The van der Waals surface area contributed by atoms with E-state index in [-0.39, 0.29) is 0 Å². The Morgan fingerprint density at radius 3 is 0.870 bits per heavy atom. The summed E-state index contributed by atoms with van der Waals surface area (Å²) in [5.74, 6) is 0. The first-order chi connectivity index (χ1) is 21.9. The highest BCUT2D eigenvalue weighted by atomic mass is 15.2. The maximum Gasteiger partial charge on any atom is 0.0929 e. The fraction of sp³-hybridized carbons (Fsp3) is 0.308. The van der Waals surface area contributed by atoms with Gasteiger partial charge in [0.25, 0.3) is 0 Å². The third-order valence-corrected chi connectivity index (χ3v) is 8.87. The van der Waals surface area contributed by atoms with Gasteiger partial charge in [0.1, 0.15) is 0 Å². The minimum atomic E-state index is 0.685. The summed E-state index contributed by atoms with van der Waals surface area (Å²) in [5, 5.41) is 24.3. The Bertz CT molecular complexity index is 1740. The number of aromatic nitrogens is 6. The molecule has 0 atom stereocenters. The van der Waals surface area contributed by atoms with Crippen LogP contribution in [0.4, 0.5) is 0 Å². The van der Waals surface area contributed by atoms with E-state index in [9.17, 15) is 0 Å². The maximum absolute atomic E-state index is 4.75.